The number of aliphatic carboxylic acids is 1. The zero-order valence-electron chi connectivity index (χ0n) is 34.1. The molecule has 0 aromatic heterocycles. The van der Waals surface area contributed by atoms with Gasteiger partial charge in [0.2, 0.25) is 0 Å². The number of carboxylic acid groups (broad SMARTS) is 1. The Bertz CT molecular complexity index is 1720. The van der Waals surface area contributed by atoms with Crippen molar-refractivity contribution in [2.45, 2.75) is 136 Å². The highest BCUT2D eigenvalue weighted by Crippen LogP contribution is 2.76. The molecule has 0 amide bonds. The Kier molecular flexibility index (Phi) is 10.3. The van der Waals surface area contributed by atoms with Crippen molar-refractivity contribution in [2.75, 3.05) is 13.2 Å². The number of alkyl halides is 4. The predicted molar refractivity (Wildman–Crippen MR) is 212 cm³/mol. The van der Waals surface area contributed by atoms with Crippen LogP contribution in [0.25, 0.3) is 0 Å². The van der Waals surface area contributed by atoms with Gasteiger partial charge >= 0.3 is 12.1 Å². The van der Waals surface area contributed by atoms with Gasteiger partial charge in [0, 0.05) is 18.0 Å². The molecule has 6 aliphatic carbocycles. The molecule has 0 radical (unpaired) electrons. The number of halogens is 4. The number of allylic oxidation sites excluding steroid dienone is 5. The van der Waals surface area contributed by atoms with Crippen LogP contribution in [0.1, 0.15) is 118 Å². The lowest BCUT2D eigenvalue weighted by atomic mass is 9.33. The normalized spacial score (nSPS) is 42.8. The van der Waals surface area contributed by atoms with Gasteiger partial charge in [0.1, 0.15) is 18.1 Å². The first-order valence-corrected chi connectivity index (χ1v) is 21.2. The van der Waals surface area contributed by atoms with Crippen molar-refractivity contribution < 1.29 is 27.5 Å². The van der Waals surface area contributed by atoms with Crippen LogP contribution >= 0.6 is 0 Å². The fraction of sp³-hybridized carbons (Fsp3) is 0.723. The molecule has 2 unspecified atom stereocenters. The van der Waals surface area contributed by atoms with Crippen molar-refractivity contribution in [2.24, 2.45) is 68.3 Å². The van der Waals surface area contributed by atoms with Crippen LogP contribution < -0.4 is 11.1 Å². The molecule has 8 heteroatoms. The number of fused-ring (bicyclic) bond motifs is 7. The highest BCUT2D eigenvalue weighted by atomic mass is 19.4. The summed E-state index contributed by atoms with van der Waals surface area (Å²) in [6.07, 6.45) is 9.97. The van der Waals surface area contributed by atoms with Gasteiger partial charge in [-0.1, -0.05) is 89.3 Å². The monoisotopic (exact) mass is 767 g/mol. The maximum atomic E-state index is 14.9. The number of hydrogen-bond donors (Lipinski definition) is 3. The summed E-state index contributed by atoms with van der Waals surface area (Å²) in [5, 5.41) is 13.6. The summed E-state index contributed by atoms with van der Waals surface area (Å²) in [7, 11) is 0. The Labute approximate surface area is 327 Å². The van der Waals surface area contributed by atoms with Crippen LogP contribution in [0.3, 0.4) is 0 Å². The molecule has 0 heterocycles. The van der Waals surface area contributed by atoms with E-state index in [4.69, 9.17) is 5.73 Å². The summed E-state index contributed by atoms with van der Waals surface area (Å²) in [6, 6.07) is 8.16. The van der Waals surface area contributed by atoms with Crippen LogP contribution in [-0.2, 0) is 11.2 Å². The minimum Gasteiger partial charge on any atom is -0.481 e. The minimum atomic E-state index is -4.39. The average Bonchev–Trinajstić information content (AvgIpc) is 3.50. The third-order valence-corrected chi connectivity index (χ3v) is 18.0. The van der Waals surface area contributed by atoms with Crippen molar-refractivity contribution in [1.29, 1.82) is 0 Å². The molecular formula is C47H66F4N2O2. The molecule has 55 heavy (non-hydrogen) atoms. The second-order valence-corrected chi connectivity index (χ2v) is 20.4. The van der Waals surface area contributed by atoms with Crippen LogP contribution in [0.2, 0.25) is 0 Å². The lowest BCUT2D eigenvalue weighted by Crippen LogP contribution is -2.69. The van der Waals surface area contributed by atoms with Gasteiger partial charge in [-0.25, -0.2) is 4.39 Å². The fourth-order valence-corrected chi connectivity index (χ4v) is 15.0. The summed E-state index contributed by atoms with van der Waals surface area (Å²) in [5.74, 6) is -0.0225. The van der Waals surface area contributed by atoms with Crippen molar-refractivity contribution in [3.8, 4) is 0 Å². The van der Waals surface area contributed by atoms with E-state index in [9.17, 15) is 27.5 Å². The first-order valence-electron chi connectivity index (χ1n) is 21.2. The van der Waals surface area contributed by atoms with E-state index in [0.29, 0.717) is 30.6 Å². The zero-order valence-corrected chi connectivity index (χ0v) is 34.1. The molecule has 0 spiro atoms. The number of nitrogens with one attached hydrogen (secondary N) is 1. The van der Waals surface area contributed by atoms with E-state index in [1.54, 1.807) is 0 Å². The summed E-state index contributed by atoms with van der Waals surface area (Å²) in [4.78, 5) is 12.7. The number of hydrogen-bond acceptors (Lipinski definition) is 3. The molecule has 7 rings (SSSR count). The van der Waals surface area contributed by atoms with E-state index < -0.39 is 48.3 Å². The van der Waals surface area contributed by atoms with Crippen molar-refractivity contribution in [3.63, 3.8) is 0 Å². The maximum absolute atomic E-state index is 14.9. The third-order valence-electron chi connectivity index (χ3n) is 18.0. The molecule has 12 atom stereocenters. The minimum absolute atomic E-state index is 0.0224. The van der Waals surface area contributed by atoms with Gasteiger partial charge in [0.15, 0.2) is 0 Å². The fourth-order valence-electron chi connectivity index (χ4n) is 15.0. The first-order chi connectivity index (χ1) is 25.7. The molecule has 4 saturated carbocycles. The Morgan fingerprint density at radius 3 is 2.29 bits per heavy atom. The highest BCUT2D eigenvalue weighted by molar-refractivity contribution is 5.76. The zero-order chi connectivity index (χ0) is 40.0. The Morgan fingerprint density at radius 1 is 0.964 bits per heavy atom. The van der Waals surface area contributed by atoms with E-state index >= 15 is 0 Å². The Balaban J connectivity index is 1.21. The van der Waals surface area contributed by atoms with Gasteiger partial charge in [-0.15, -0.1) is 0 Å². The number of nitrogens with two attached hydrogens (primary N) is 1. The second kappa shape index (κ2) is 13.8. The molecule has 6 aliphatic rings. The maximum Gasteiger partial charge on any atom is 0.405 e. The predicted octanol–water partition coefficient (Wildman–Crippen LogP) is 11.0. The van der Waals surface area contributed by atoms with E-state index in [1.807, 2.05) is 30.3 Å². The van der Waals surface area contributed by atoms with Gasteiger partial charge in [-0.3, -0.25) is 10.1 Å². The average molecular weight is 767 g/mol. The molecule has 0 saturated heterocycles. The standard InChI is InChI=1S/C47H66F4N2O2/c1-29(2)33-16-22-46(53-38(27-52)47(49,50)51)24-23-43(6)35(39(33)46)13-14-37-42(5)19-17-34(41(3,4)36(42)18-20-44(37,43)7)31-15-21-45(28-48,40(54)55)32(26-31)25-30-11-9-8-10-12-30/h8-12,17,26,32-33,35-39,53H,1,13-16,18-25,27-28,52H2,2-7H3,(H,54,55)/t32?,33-,35+,36-,37+,38?,39+,42-,43+,44+,45-,46-/m0/s1. The van der Waals surface area contributed by atoms with Crippen LogP contribution in [0, 0.1) is 62.6 Å². The topological polar surface area (TPSA) is 75.3 Å². The molecule has 0 aliphatic heterocycles. The van der Waals surface area contributed by atoms with E-state index in [0.717, 1.165) is 68.9 Å². The number of benzene rings is 1. The summed E-state index contributed by atoms with van der Waals surface area (Å²) >= 11 is 0. The SMILES string of the molecule is C=C(C)[C@@H]1CC[C@]2(NC(CN)C(F)(F)F)CC[C@]3(C)[C@H](CC[C@@H]4[C@@]5(C)CC=C(C6=CC(Cc7ccccc7)[C@](CF)(C(=O)O)CC6)C(C)(C)[C@@H]5CC[C@]43C)[C@@H]12. The van der Waals surface area contributed by atoms with Crippen molar-refractivity contribution in [3.05, 3.63) is 71.3 Å². The molecular weight excluding hydrogens is 701 g/mol. The third kappa shape index (κ3) is 6.06. The molecule has 4 N–H and O–H groups in total. The number of carbonyl (C=O) groups is 1. The number of rotatable bonds is 9. The summed E-state index contributed by atoms with van der Waals surface area (Å²) < 4.78 is 57.7. The smallest absolute Gasteiger partial charge is 0.405 e. The lowest BCUT2D eigenvalue weighted by molar-refractivity contribution is -0.225. The number of carboxylic acids is 1. The largest absolute Gasteiger partial charge is 0.481 e. The highest BCUT2D eigenvalue weighted by Gasteiger charge is 2.71. The van der Waals surface area contributed by atoms with Crippen LogP contribution in [0.5, 0.6) is 0 Å². The molecule has 4 nitrogen and oxygen atoms in total. The van der Waals surface area contributed by atoms with Crippen LogP contribution in [0.4, 0.5) is 17.6 Å². The van der Waals surface area contributed by atoms with Gasteiger partial charge in [-0.2, -0.15) is 13.2 Å². The van der Waals surface area contributed by atoms with Crippen molar-refractivity contribution in [1.82, 2.24) is 5.32 Å². The Hall–Kier alpha value is -2.45. The summed E-state index contributed by atoms with van der Waals surface area (Å²) in [6.45, 7) is 17.5. The van der Waals surface area contributed by atoms with E-state index in [2.05, 4.69) is 65.6 Å². The second-order valence-electron chi connectivity index (χ2n) is 20.4. The first kappa shape index (κ1) is 40.7. The lowest BCUT2D eigenvalue weighted by Gasteiger charge is -2.72. The van der Waals surface area contributed by atoms with Crippen LogP contribution in [0.15, 0.2) is 65.8 Å². The van der Waals surface area contributed by atoms with Gasteiger partial charge in [0.25, 0.3) is 0 Å². The van der Waals surface area contributed by atoms with Crippen LogP contribution in [-0.4, -0.2) is 42.1 Å². The van der Waals surface area contributed by atoms with Gasteiger partial charge < -0.3 is 10.8 Å². The Morgan fingerprint density at radius 2 is 1.67 bits per heavy atom. The van der Waals surface area contributed by atoms with Crippen molar-refractivity contribution >= 4 is 5.97 Å². The molecule has 304 valence electrons. The molecule has 4 fully saturated rings. The van der Waals surface area contributed by atoms with E-state index in [1.165, 1.54) is 11.1 Å². The quantitative estimate of drug-likeness (QED) is 0.173. The van der Waals surface area contributed by atoms with Gasteiger partial charge in [-0.05, 0) is 152 Å². The molecule has 0 bridgehead atoms. The van der Waals surface area contributed by atoms with Gasteiger partial charge in [0.05, 0.1) is 0 Å². The summed E-state index contributed by atoms with van der Waals surface area (Å²) in [5.41, 5.74) is 8.28. The molecule has 1 aromatic carbocycles. The molecule has 1 aromatic rings. The van der Waals surface area contributed by atoms with E-state index in [-0.39, 0.29) is 39.9 Å².